The van der Waals surface area contributed by atoms with E-state index >= 15 is 0 Å². The number of amides is 1. The quantitative estimate of drug-likeness (QED) is 0.836. The van der Waals surface area contributed by atoms with E-state index in [2.05, 4.69) is 4.99 Å². The van der Waals surface area contributed by atoms with Gasteiger partial charge in [-0.2, -0.15) is 0 Å². The predicted octanol–water partition coefficient (Wildman–Crippen LogP) is 3.55. The van der Waals surface area contributed by atoms with Crippen LogP contribution in [0.3, 0.4) is 0 Å². The Hall–Kier alpha value is -2.11. The molecule has 6 heteroatoms. The van der Waals surface area contributed by atoms with Crippen LogP contribution in [0.15, 0.2) is 29.3 Å². The first kappa shape index (κ1) is 17.2. The number of benzene rings is 1. The molecule has 2 rings (SSSR count). The van der Waals surface area contributed by atoms with Gasteiger partial charge in [0.05, 0.1) is 13.2 Å². The number of hydrogen-bond donors (Lipinski definition) is 0. The zero-order valence-corrected chi connectivity index (χ0v) is 14.0. The Morgan fingerprint density at radius 2 is 2.00 bits per heavy atom. The van der Waals surface area contributed by atoms with Crippen molar-refractivity contribution in [2.75, 3.05) is 19.7 Å². The summed E-state index contributed by atoms with van der Waals surface area (Å²) in [5, 5.41) is 0. The van der Waals surface area contributed by atoms with Crippen molar-refractivity contribution in [1.82, 2.24) is 4.90 Å². The summed E-state index contributed by atoms with van der Waals surface area (Å²) < 4.78 is 24.3. The highest BCUT2D eigenvalue weighted by atomic mass is 19.1. The van der Waals surface area contributed by atoms with E-state index in [9.17, 15) is 9.18 Å². The molecule has 0 aliphatic carbocycles. The molecule has 0 saturated carbocycles. The van der Waals surface area contributed by atoms with Crippen molar-refractivity contribution in [3.63, 3.8) is 0 Å². The largest absolute Gasteiger partial charge is 0.480 e. The molecule has 0 radical (unpaired) electrons. The van der Waals surface area contributed by atoms with Gasteiger partial charge in [0.25, 0.3) is 0 Å². The minimum absolute atomic E-state index is 0.330. The van der Waals surface area contributed by atoms with Crippen LogP contribution in [0.2, 0.25) is 0 Å². The molecule has 1 amide bonds. The van der Waals surface area contributed by atoms with Crippen LogP contribution in [-0.2, 0) is 9.47 Å². The van der Waals surface area contributed by atoms with Crippen molar-refractivity contribution in [1.29, 1.82) is 0 Å². The van der Waals surface area contributed by atoms with E-state index in [0.29, 0.717) is 25.6 Å². The number of halogens is 1. The molecule has 5 nitrogen and oxygen atoms in total. The monoisotopic (exact) mass is 322 g/mol. The molecule has 1 aliphatic rings. The second-order valence-corrected chi connectivity index (χ2v) is 6.28. The third-order valence-corrected chi connectivity index (χ3v) is 3.26. The maximum atomic E-state index is 13.2. The number of hydrogen-bond acceptors (Lipinski definition) is 4. The van der Waals surface area contributed by atoms with E-state index in [-0.39, 0.29) is 5.82 Å². The molecule has 0 spiro atoms. The molecule has 1 aliphatic heterocycles. The Labute approximate surface area is 136 Å². The number of aliphatic imine (C=N–C) groups is 1. The lowest BCUT2D eigenvalue weighted by Gasteiger charge is -2.36. The lowest BCUT2D eigenvalue weighted by atomic mass is 10.0. The van der Waals surface area contributed by atoms with Crippen molar-refractivity contribution >= 4 is 12.0 Å². The van der Waals surface area contributed by atoms with Gasteiger partial charge in [-0.25, -0.2) is 9.18 Å². The first-order valence-corrected chi connectivity index (χ1v) is 7.74. The van der Waals surface area contributed by atoms with E-state index < -0.39 is 17.7 Å². The molecule has 23 heavy (non-hydrogen) atoms. The smallest absolute Gasteiger partial charge is 0.411 e. The SMILES string of the molecule is CCOC1=NCCN(C(=O)OC(C)(C)C)C1c1ccc(F)cc1. The number of carbonyl (C=O) groups is 1. The van der Waals surface area contributed by atoms with E-state index in [4.69, 9.17) is 9.47 Å². The summed E-state index contributed by atoms with van der Waals surface area (Å²) in [6, 6.07) is 5.50. The lowest BCUT2D eigenvalue weighted by molar-refractivity contribution is 0.0184. The van der Waals surface area contributed by atoms with Gasteiger partial charge < -0.3 is 9.47 Å². The average molecular weight is 322 g/mol. The fraction of sp³-hybridized carbons (Fsp3) is 0.529. The van der Waals surface area contributed by atoms with Gasteiger partial charge in [0.1, 0.15) is 17.5 Å². The van der Waals surface area contributed by atoms with Crippen LogP contribution in [0.4, 0.5) is 9.18 Å². The van der Waals surface area contributed by atoms with Crippen molar-refractivity contribution in [2.45, 2.75) is 39.3 Å². The molecule has 0 bridgehead atoms. The van der Waals surface area contributed by atoms with Gasteiger partial charge in [-0.1, -0.05) is 12.1 Å². The topological polar surface area (TPSA) is 51.1 Å². The van der Waals surface area contributed by atoms with Crippen molar-refractivity contribution in [3.8, 4) is 0 Å². The molecule has 1 atom stereocenters. The zero-order chi connectivity index (χ0) is 17.0. The minimum Gasteiger partial charge on any atom is -0.480 e. The molecule has 1 aromatic rings. The van der Waals surface area contributed by atoms with Crippen LogP contribution in [0.5, 0.6) is 0 Å². The van der Waals surface area contributed by atoms with Crippen LogP contribution < -0.4 is 0 Å². The predicted molar refractivity (Wildman–Crippen MR) is 86.0 cm³/mol. The van der Waals surface area contributed by atoms with Gasteiger partial charge in [0.15, 0.2) is 0 Å². The molecule has 1 unspecified atom stereocenters. The fourth-order valence-electron chi connectivity index (χ4n) is 2.37. The van der Waals surface area contributed by atoms with Gasteiger partial charge in [0, 0.05) is 6.54 Å². The average Bonchev–Trinajstić information content (AvgIpc) is 2.47. The number of ether oxygens (including phenoxy) is 2. The maximum absolute atomic E-state index is 13.2. The Morgan fingerprint density at radius 3 is 2.57 bits per heavy atom. The fourth-order valence-corrected chi connectivity index (χ4v) is 2.37. The van der Waals surface area contributed by atoms with Gasteiger partial charge in [-0.05, 0) is 45.4 Å². The van der Waals surface area contributed by atoms with Crippen molar-refractivity contribution in [2.24, 2.45) is 4.99 Å². The highest BCUT2D eigenvalue weighted by Crippen LogP contribution is 2.28. The molecular formula is C17H23FN2O3. The van der Waals surface area contributed by atoms with Crippen molar-refractivity contribution in [3.05, 3.63) is 35.6 Å². The summed E-state index contributed by atoms with van der Waals surface area (Å²) in [6.45, 7) is 8.63. The van der Waals surface area contributed by atoms with Crippen LogP contribution in [0, 0.1) is 5.82 Å². The number of carbonyl (C=O) groups excluding carboxylic acids is 1. The van der Waals surface area contributed by atoms with E-state index in [1.807, 2.05) is 27.7 Å². The highest BCUT2D eigenvalue weighted by Gasteiger charge is 2.35. The Kier molecular flexibility index (Phi) is 5.23. The Bertz CT molecular complexity index is 578. The summed E-state index contributed by atoms with van der Waals surface area (Å²) in [5.74, 6) is 0.125. The van der Waals surface area contributed by atoms with Crippen LogP contribution in [0.25, 0.3) is 0 Å². The molecule has 0 fully saturated rings. The minimum atomic E-state index is -0.592. The van der Waals surface area contributed by atoms with Gasteiger partial charge in [-0.15, -0.1) is 0 Å². The molecule has 126 valence electrons. The van der Waals surface area contributed by atoms with Crippen LogP contribution >= 0.6 is 0 Å². The summed E-state index contributed by atoms with van der Waals surface area (Å²) in [6.07, 6.45) is -0.432. The Morgan fingerprint density at radius 1 is 1.35 bits per heavy atom. The van der Waals surface area contributed by atoms with Crippen LogP contribution in [0.1, 0.15) is 39.3 Å². The maximum Gasteiger partial charge on any atom is 0.411 e. The zero-order valence-electron chi connectivity index (χ0n) is 14.0. The summed E-state index contributed by atoms with van der Waals surface area (Å²) >= 11 is 0. The van der Waals surface area contributed by atoms with Crippen molar-refractivity contribution < 1.29 is 18.7 Å². The van der Waals surface area contributed by atoms with E-state index in [0.717, 1.165) is 5.56 Å². The second kappa shape index (κ2) is 6.98. The molecule has 0 N–H and O–H groups in total. The lowest BCUT2D eigenvalue weighted by Crippen LogP contribution is -2.46. The van der Waals surface area contributed by atoms with E-state index in [1.54, 1.807) is 17.0 Å². The van der Waals surface area contributed by atoms with E-state index in [1.165, 1.54) is 12.1 Å². The standard InChI is InChI=1S/C17H23FN2O3/c1-5-22-15-14(12-6-8-13(18)9-7-12)20(11-10-19-15)16(21)23-17(2,3)4/h6-9,14H,5,10-11H2,1-4H3. The second-order valence-electron chi connectivity index (χ2n) is 6.28. The molecular weight excluding hydrogens is 299 g/mol. The summed E-state index contributed by atoms with van der Waals surface area (Å²) in [4.78, 5) is 18.5. The summed E-state index contributed by atoms with van der Waals surface area (Å²) in [5.41, 5.74) is 0.147. The van der Waals surface area contributed by atoms with Crippen LogP contribution in [-0.4, -0.2) is 42.2 Å². The highest BCUT2D eigenvalue weighted by molar-refractivity contribution is 5.88. The first-order valence-electron chi connectivity index (χ1n) is 7.74. The molecule has 1 heterocycles. The third kappa shape index (κ3) is 4.43. The van der Waals surface area contributed by atoms with Gasteiger partial charge >= 0.3 is 6.09 Å². The molecule has 0 saturated heterocycles. The third-order valence-electron chi connectivity index (χ3n) is 3.26. The number of rotatable bonds is 2. The molecule has 0 aromatic heterocycles. The number of nitrogens with zero attached hydrogens (tertiary/aromatic N) is 2. The normalized spacial score (nSPS) is 18.4. The van der Waals surface area contributed by atoms with Gasteiger partial charge in [0.2, 0.25) is 5.90 Å². The van der Waals surface area contributed by atoms with Gasteiger partial charge in [-0.3, -0.25) is 9.89 Å². The molecule has 1 aromatic carbocycles. The summed E-state index contributed by atoms with van der Waals surface area (Å²) in [7, 11) is 0. The Balaban J connectivity index is 2.34. The first-order chi connectivity index (χ1) is 10.8.